The zero-order valence-electron chi connectivity index (χ0n) is 11.9. The first-order chi connectivity index (χ1) is 8.66. The number of nitrogens with zero attached hydrogens (tertiary/aromatic N) is 1. The maximum absolute atomic E-state index is 3.81. The maximum atomic E-state index is 3.81. The molecular weight excluding hydrogens is 220 g/mol. The Kier molecular flexibility index (Phi) is 4.79. The van der Waals surface area contributed by atoms with Gasteiger partial charge in [-0.1, -0.05) is 24.3 Å². The van der Waals surface area contributed by atoms with Crippen LogP contribution in [0.5, 0.6) is 0 Å². The van der Waals surface area contributed by atoms with Crippen LogP contribution in [0.3, 0.4) is 0 Å². The minimum atomic E-state index is 0.458. The lowest BCUT2D eigenvalue weighted by atomic mass is 10.0. The van der Waals surface area contributed by atoms with Gasteiger partial charge in [0, 0.05) is 12.1 Å². The second-order valence-corrected chi connectivity index (χ2v) is 5.68. The van der Waals surface area contributed by atoms with E-state index < -0.39 is 0 Å². The summed E-state index contributed by atoms with van der Waals surface area (Å²) in [7, 11) is 2.23. The van der Waals surface area contributed by atoms with Gasteiger partial charge in [-0.3, -0.25) is 0 Å². The van der Waals surface area contributed by atoms with Gasteiger partial charge in [-0.05, 0) is 64.4 Å². The fourth-order valence-electron chi connectivity index (χ4n) is 2.92. The molecule has 0 aromatic heterocycles. The van der Waals surface area contributed by atoms with Crippen LogP contribution in [-0.2, 0) is 0 Å². The molecule has 1 aliphatic rings. The smallest absolute Gasteiger partial charge is 0.0296 e. The second kappa shape index (κ2) is 6.35. The molecule has 0 spiro atoms. The monoisotopic (exact) mass is 246 g/mol. The molecule has 2 heteroatoms. The van der Waals surface area contributed by atoms with Crippen molar-refractivity contribution in [3.05, 3.63) is 35.4 Å². The van der Waals surface area contributed by atoms with Gasteiger partial charge in [0.25, 0.3) is 0 Å². The number of benzene rings is 1. The molecule has 0 amide bonds. The molecule has 1 aliphatic heterocycles. The van der Waals surface area contributed by atoms with E-state index in [2.05, 4.69) is 55.4 Å². The number of likely N-dealkylation sites (tertiary alicyclic amines) is 1. The average molecular weight is 246 g/mol. The minimum Gasteiger partial charge on any atom is -0.307 e. The summed E-state index contributed by atoms with van der Waals surface area (Å²) in [5.41, 5.74) is 2.83. The Morgan fingerprint density at radius 2 is 2.00 bits per heavy atom. The molecule has 1 saturated heterocycles. The third kappa shape index (κ3) is 3.56. The summed E-state index contributed by atoms with van der Waals surface area (Å²) in [6.07, 6.45) is 3.89. The van der Waals surface area contributed by atoms with E-state index in [-0.39, 0.29) is 0 Å². The summed E-state index contributed by atoms with van der Waals surface area (Å²) >= 11 is 0. The molecule has 1 heterocycles. The molecule has 1 N–H and O–H groups in total. The molecule has 1 aromatic carbocycles. The van der Waals surface area contributed by atoms with Crippen molar-refractivity contribution < 1.29 is 0 Å². The third-order valence-corrected chi connectivity index (χ3v) is 4.09. The third-order valence-electron chi connectivity index (χ3n) is 4.09. The predicted molar refractivity (Wildman–Crippen MR) is 77.9 cm³/mol. The van der Waals surface area contributed by atoms with Gasteiger partial charge in [-0.25, -0.2) is 0 Å². The highest BCUT2D eigenvalue weighted by Gasteiger charge is 2.17. The Morgan fingerprint density at radius 3 is 2.78 bits per heavy atom. The van der Waals surface area contributed by atoms with Crippen LogP contribution in [0.2, 0.25) is 0 Å². The SMILES string of the molecule is Cc1ccccc1[C@@H](C)NC1CCCN(C)CC1. The molecule has 2 rings (SSSR count). The van der Waals surface area contributed by atoms with E-state index in [9.17, 15) is 0 Å². The summed E-state index contributed by atoms with van der Waals surface area (Å²) in [6, 6.07) is 9.83. The average Bonchev–Trinajstić information content (AvgIpc) is 2.55. The van der Waals surface area contributed by atoms with Gasteiger partial charge in [0.1, 0.15) is 0 Å². The molecule has 2 atom stereocenters. The van der Waals surface area contributed by atoms with Gasteiger partial charge in [0.05, 0.1) is 0 Å². The van der Waals surface area contributed by atoms with Crippen LogP contribution >= 0.6 is 0 Å². The van der Waals surface area contributed by atoms with Crippen LogP contribution < -0.4 is 5.32 Å². The van der Waals surface area contributed by atoms with Crippen molar-refractivity contribution in [2.75, 3.05) is 20.1 Å². The second-order valence-electron chi connectivity index (χ2n) is 5.68. The van der Waals surface area contributed by atoms with Crippen molar-refractivity contribution in [2.24, 2.45) is 0 Å². The Bertz CT molecular complexity index is 375. The van der Waals surface area contributed by atoms with Crippen molar-refractivity contribution in [3.63, 3.8) is 0 Å². The molecule has 0 saturated carbocycles. The maximum Gasteiger partial charge on any atom is 0.0296 e. The fraction of sp³-hybridized carbons (Fsp3) is 0.625. The van der Waals surface area contributed by atoms with Crippen molar-refractivity contribution in [3.8, 4) is 0 Å². The minimum absolute atomic E-state index is 0.458. The van der Waals surface area contributed by atoms with Crippen molar-refractivity contribution in [1.29, 1.82) is 0 Å². The molecule has 100 valence electrons. The van der Waals surface area contributed by atoms with E-state index in [1.165, 1.54) is 43.5 Å². The Morgan fingerprint density at radius 1 is 1.22 bits per heavy atom. The van der Waals surface area contributed by atoms with Crippen LogP contribution in [-0.4, -0.2) is 31.1 Å². The van der Waals surface area contributed by atoms with Crippen molar-refractivity contribution >= 4 is 0 Å². The zero-order chi connectivity index (χ0) is 13.0. The summed E-state index contributed by atoms with van der Waals surface area (Å²) in [6.45, 7) is 6.96. The molecule has 0 aliphatic carbocycles. The van der Waals surface area contributed by atoms with E-state index >= 15 is 0 Å². The van der Waals surface area contributed by atoms with Crippen LogP contribution in [0.15, 0.2) is 24.3 Å². The van der Waals surface area contributed by atoms with Crippen molar-refractivity contribution in [1.82, 2.24) is 10.2 Å². The number of nitrogens with one attached hydrogen (secondary N) is 1. The van der Waals surface area contributed by atoms with Gasteiger partial charge in [-0.15, -0.1) is 0 Å². The normalized spacial score (nSPS) is 23.6. The highest BCUT2D eigenvalue weighted by Crippen LogP contribution is 2.19. The van der Waals surface area contributed by atoms with Crippen LogP contribution in [0.4, 0.5) is 0 Å². The lowest BCUT2D eigenvalue weighted by molar-refractivity contribution is 0.340. The molecular formula is C16H26N2. The molecule has 1 unspecified atom stereocenters. The highest BCUT2D eigenvalue weighted by molar-refractivity contribution is 5.28. The Labute approximate surface area is 111 Å². The van der Waals surface area contributed by atoms with E-state index in [1.54, 1.807) is 0 Å². The number of hydrogen-bond acceptors (Lipinski definition) is 2. The number of aryl methyl sites for hydroxylation is 1. The van der Waals surface area contributed by atoms with Gasteiger partial charge in [0.2, 0.25) is 0 Å². The Balaban J connectivity index is 1.94. The van der Waals surface area contributed by atoms with E-state index in [0.29, 0.717) is 12.1 Å². The molecule has 2 nitrogen and oxygen atoms in total. The first-order valence-corrected chi connectivity index (χ1v) is 7.17. The molecule has 18 heavy (non-hydrogen) atoms. The summed E-state index contributed by atoms with van der Waals surface area (Å²) in [5, 5.41) is 3.81. The molecule has 0 radical (unpaired) electrons. The highest BCUT2D eigenvalue weighted by atomic mass is 15.1. The van der Waals surface area contributed by atoms with Gasteiger partial charge in [0.15, 0.2) is 0 Å². The van der Waals surface area contributed by atoms with E-state index in [4.69, 9.17) is 0 Å². The van der Waals surface area contributed by atoms with Crippen LogP contribution in [0.1, 0.15) is 43.4 Å². The molecule has 1 aromatic rings. The summed E-state index contributed by atoms with van der Waals surface area (Å²) < 4.78 is 0. The quantitative estimate of drug-likeness (QED) is 0.881. The topological polar surface area (TPSA) is 15.3 Å². The number of hydrogen-bond donors (Lipinski definition) is 1. The van der Waals surface area contributed by atoms with Gasteiger partial charge < -0.3 is 10.2 Å². The standard InChI is InChI=1S/C16H26N2/c1-13-7-4-5-9-16(13)14(2)17-15-8-6-11-18(3)12-10-15/h4-5,7,9,14-15,17H,6,8,10-12H2,1-3H3/t14-,15?/m1/s1. The fourth-order valence-corrected chi connectivity index (χ4v) is 2.92. The first-order valence-electron chi connectivity index (χ1n) is 7.17. The lowest BCUT2D eigenvalue weighted by Crippen LogP contribution is -2.32. The first kappa shape index (κ1) is 13.6. The summed E-state index contributed by atoms with van der Waals surface area (Å²) in [4.78, 5) is 2.44. The van der Waals surface area contributed by atoms with Gasteiger partial charge in [-0.2, -0.15) is 0 Å². The summed E-state index contributed by atoms with van der Waals surface area (Å²) in [5.74, 6) is 0. The largest absolute Gasteiger partial charge is 0.307 e. The van der Waals surface area contributed by atoms with Gasteiger partial charge >= 0.3 is 0 Å². The molecule has 0 bridgehead atoms. The van der Waals surface area contributed by atoms with Crippen molar-refractivity contribution in [2.45, 2.75) is 45.2 Å². The van der Waals surface area contributed by atoms with Crippen LogP contribution in [0.25, 0.3) is 0 Å². The Hall–Kier alpha value is -0.860. The van der Waals surface area contributed by atoms with E-state index in [0.717, 1.165) is 0 Å². The zero-order valence-corrected chi connectivity index (χ0v) is 11.9. The van der Waals surface area contributed by atoms with E-state index in [1.807, 2.05) is 0 Å². The number of rotatable bonds is 3. The lowest BCUT2D eigenvalue weighted by Gasteiger charge is -2.23. The van der Waals surface area contributed by atoms with Crippen LogP contribution in [0, 0.1) is 6.92 Å². The predicted octanol–water partition coefficient (Wildman–Crippen LogP) is 3.13. The molecule has 1 fully saturated rings.